The van der Waals surface area contributed by atoms with E-state index in [2.05, 4.69) is 21.2 Å². The SMILES string of the molecule is C#CC(/C=C\C=C/C)=N\C=C(/C)C(=O)Nc1cc(C2N=C(C3CC(F)(F)C3)N2C)cc2c1OC(C)(F)O2. The molecule has 10 heteroatoms. The first-order valence-corrected chi connectivity index (χ1v) is 11.7. The predicted molar refractivity (Wildman–Crippen MR) is 135 cm³/mol. The minimum absolute atomic E-state index is 0.0295. The number of fused-ring (bicyclic) bond motifs is 1. The van der Waals surface area contributed by atoms with Crippen LogP contribution in [0.2, 0.25) is 0 Å². The van der Waals surface area contributed by atoms with Gasteiger partial charge in [-0.15, -0.1) is 6.42 Å². The van der Waals surface area contributed by atoms with Gasteiger partial charge in [-0.05, 0) is 32.1 Å². The maximum atomic E-state index is 14.5. The van der Waals surface area contributed by atoms with E-state index >= 15 is 0 Å². The standard InChI is InChI=1S/C27H27F3N4O3/c1-6-8-9-10-19(7-2)31-15-16(3)25(35)32-20-11-17(12-21-22(20)37-26(4,28)36-21)23-33-24(34(23)5)18-13-27(29,30)14-18/h2,6,8-12,15,18,23H,13-14H2,1,3-5H3,(H,32,35)/b8-6-,10-9-,16-15+,31-19+. The highest BCUT2D eigenvalue weighted by Gasteiger charge is 2.51. The normalized spacial score (nSPS) is 25.1. The summed E-state index contributed by atoms with van der Waals surface area (Å²) < 4.78 is 51.7. The highest BCUT2D eigenvalue weighted by Crippen LogP contribution is 2.50. The molecule has 2 unspecified atom stereocenters. The number of hydrogen-bond donors (Lipinski definition) is 1. The Morgan fingerprint density at radius 2 is 2.03 bits per heavy atom. The van der Waals surface area contributed by atoms with Gasteiger partial charge < -0.3 is 19.7 Å². The Morgan fingerprint density at radius 3 is 2.65 bits per heavy atom. The summed E-state index contributed by atoms with van der Waals surface area (Å²) in [5.41, 5.74) is 1.31. The fourth-order valence-electron chi connectivity index (χ4n) is 4.19. The maximum Gasteiger partial charge on any atom is 0.404 e. The van der Waals surface area contributed by atoms with Crippen molar-refractivity contribution < 1.29 is 27.4 Å². The Morgan fingerprint density at radius 1 is 1.30 bits per heavy atom. The van der Waals surface area contributed by atoms with Crippen LogP contribution in [0, 0.1) is 18.3 Å². The zero-order valence-corrected chi connectivity index (χ0v) is 20.9. The molecular formula is C27H27F3N4O3. The number of nitrogens with one attached hydrogen (secondary N) is 1. The number of anilines is 1. The summed E-state index contributed by atoms with van der Waals surface area (Å²) in [5.74, 6) is -0.327. The van der Waals surface area contributed by atoms with Crippen LogP contribution < -0.4 is 14.8 Å². The Bertz CT molecular complexity index is 1300. The average molecular weight is 513 g/mol. The van der Waals surface area contributed by atoms with E-state index in [1.54, 1.807) is 49.2 Å². The zero-order chi connectivity index (χ0) is 27.0. The molecule has 1 aromatic carbocycles. The van der Waals surface area contributed by atoms with Crippen LogP contribution in [0.25, 0.3) is 0 Å². The van der Waals surface area contributed by atoms with Crippen molar-refractivity contribution in [3.8, 4) is 23.8 Å². The van der Waals surface area contributed by atoms with E-state index in [9.17, 15) is 18.0 Å². The average Bonchev–Trinajstić information content (AvgIpc) is 3.13. The van der Waals surface area contributed by atoms with Gasteiger partial charge in [0.25, 0.3) is 5.91 Å². The van der Waals surface area contributed by atoms with Gasteiger partial charge in [0.1, 0.15) is 17.7 Å². The molecule has 4 rings (SSSR count). The number of rotatable bonds is 7. The fourth-order valence-corrected chi connectivity index (χ4v) is 4.19. The van der Waals surface area contributed by atoms with Gasteiger partial charge in [-0.25, -0.2) is 18.8 Å². The monoisotopic (exact) mass is 512 g/mol. The molecule has 1 aromatic rings. The van der Waals surface area contributed by atoms with Gasteiger partial charge in [0.2, 0.25) is 5.92 Å². The van der Waals surface area contributed by atoms with Crippen molar-refractivity contribution >= 4 is 23.1 Å². The first kappa shape index (κ1) is 26.1. The van der Waals surface area contributed by atoms with E-state index in [0.717, 1.165) is 6.92 Å². The highest BCUT2D eigenvalue weighted by molar-refractivity contribution is 6.09. The van der Waals surface area contributed by atoms with Gasteiger partial charge in [0.15, 0.2) is 11.5 Å². The van der Waals surface area contributed by atoms with Crippen LogP contribution in [0.3, 0.4) is 0 Å². The summed E-state index contributed by atoms with van der Waals surface area (Å²) in [7, 11) is 1.75. The summed E-state index contributed by atoms with van der Waals surface area (Å²) in [6, 6.07) is 0.742. The van der Waals surface area contributed by atoms with E-state index in [4.69, 9.17) is 15.9 Å². The van der Waals surface area contributed by atoms with Crippen LogP contribution >= 0.6 is 0 Å². The van der Waals surface area contributed by atoms with Gasteiger partial charge in [-0.1, -0.05) is 24.1 Å². The molecule has 0 radical (unpaired) electrons. The number of halogens is 3. The third-order valence-corrected chi connectivity index (χ3v) is 6.10. The largest absolute Gasteiger partial charge is 0.423 e. The van der Waals surface area contributed by atoms with E-state index in [-0.39, 0.29) is 41.5 Å². The Kier molecular flexibility index (Phi) is 6.91. The number of terminal acetylenes is 1. The molecular weight excluding hydrogens is 485 g/mol. The molecule has 1 fully saturated rings. The Hall–Kier alpha value is -4.00. The van der Waals surface area contributed by atoms with E-state index in [0.29, 0.717) is 17.1 Å². The van der Waals surface area contributed by atoms with Crippen molar-refractivity contribution in [3.05, 3.63) is 53.8 Å². The van der Waals surface area contributed by atoms with Gasteiger partial charge in [0, 0.05) is 50.1 Å². The molecule has 37 heavy (non-hydrogen) atoms. The molecule has 2 aliphatic heterocycles. The van der Waals surface area contributed by atoms with Gasteiger partial charge >= 0.3 is 6.04 Å². The second-order valence-electron chi connectivity index (χ2n) is 9.18. The minimum Gasteiger partial charge on any atom is -0.423 e. The minimum atomic E-state index is -2.65. The van der Waals surface area contributed by atoms with Gasteiger partial charge in [-0.2, -0.15) is 4.39 Å². The van der Waals surface area contributed by atoms with E-state index in [1.807, 2.05) is 13.0 Å². The lowest BCUT2D eigenvalue weighted by atomic mass is 9.79. The molecule has 194 valence electrons. The van der Waals surface area contributed by atoms with Crippen molar-refractivity contribution in [1.82, 2.24) is 4.90 Å². The molecule has 0 aromatic heterocycles. The van der Waals surface area contributed by atoms with Crippen LogP contribution in [0.5, 0.6) is 11.5 Å². The zero-order valence-electron chi connectivity index (χ0n) is 20.9. The van der Waals surface area contributed by atoms with E-state index in [1.165, 1.54) is 6.20 Å². The predicted octanol–water partition coefficient (Wildman–Crippen LogP) is 5.54. The number of alkyl halides is 3. The second kappa shape index (κ2) is 9.81. The summed E-state index contributed by atoms with van der Waals surface area (Å²) in [6.45, 7) is 4.51. The third kappa shape index (κ3) is 5.56. The molecule has 2 heterocycles. The fraction of sp³-hybridized carbons (Fsp3) is 0.370. The Labute approximate surface area is 213 Å². The third-order valence-electron chi connectivity index (χ3n) is 6.10. The number of hydrogen-bond acceptors (Lipinski definition) is 6. The lowest BCUT2D eigenvalue weighted by Gasteiger charge is -2.46. The number of allylic oxidation sites excluding steroid dienone is 4. The van der Waals surface area contributed by atoms with Crippen LogP contribution in [0.15, 0.2) is 58.2 Å². The van der Waals surface area contributed by atoms with Gasteiger partial charge in [-0.3, -0.25) is 4.79 Å². The van der Waals surface area contributed by atoms with Gasteiger partial charge in [0.05, 0.1) is 5.69 Å². The lowest BCUT2D eigenvalue weighted by Crippen LogP contribution is -2.51. The maximum absolute atomic E-state index is 14.5. The molecule has 1 N–H and O–H groups in total. The number of amidine groups is 1. The summed E-state index contributed by atoms with van der Waals surface area (Å²) in [5, 5.41) is 2.70. The van der Waals surface area contributed by atoms with Crippen LogP contribution in [-0.4, -0.2) is 41.4 Å². The molecule has 3 aliphatic rings. The topological polar surface area (TPSA) is 75.5 Å². The summed E-state index contributed by atoms with van der Waals surface area (Å²) >= 11 is 0. The van der Waals surface area contributed by atoms with Crippen LogP contribution in [0.4, 0.5) is 18.9 Å². The van der Waals surface area contributed by atoms with Crippen molar-refractivity contribution in [1.29, 1.82) is 0 Å². The first-order chi connectivity index (χ1) is 17.4. The van der Waals surface area contributed by atoms with E-state index < -0.39 is 24.0 Å². The quantitative estimate of drug-likeness (QED) is 0.225. The van der Waals surface area contributed by atoms with Crippen LogP contribution in [-0.2, 0) is 4.79 Å². The molecule has 0 saturated heterocycles. The molecule has 1 aliphatic carbocycles. The van der Waals surface area contributed by atoms with Crippen molar-refractivity contribution in [2.45, 2.75) is 51.7 Å². The number of ether oxygens (including phenoxy) is 2. The summed E-state index contributed by atoms with van der Waals surface area (Å²) in [6.07, 6.45) is 12.8. The number of carbonyl (C=O) groups is 1. The van der Waals surface area contributed by atoms with Crippen molar-refractivity contribution in [2.24, 2.45) is 15.9 Å². The molecule has 1 saturated carbocycles. The summed E-state index contributed by atoms with van der Waals surface area (Å²) in [4.78, 5) is 23.3. The number of aliphatic imine (C=N–C) groups is 2. The van der Waals surface area contributed by atoms with Crippen LogP contribution in [0.1, 0.15) is 45.3 Å². The molecule has 0 bridgehead atoms. The lowest BCUT2D eigenvalue weighted by molar-refractivity contribution is -0.173. The molecule has 2 atom stereocenters. The first-order valence-electron chi connectivity index (χ1n) is 11.7. The number of nitrogens with zero attached hydrogens (tertiary/aromatic N) is 3. The second-order valence-corrected chi connectivity index (χ2v) is 9.18. The number of amides is 1. The van der Waals surface area contributed by atoms with Crippen molar-refractivity contribution in [3.63, 3.8) is 0 Å². The molecule has 0 spiro atoms. The molecule has 1 amide bonds. The number of carbonyl (C=O) groups excluding carboxylic acids is 1. The Balaban J connectivity index is 1.57. The highest BCUT2D eigenvalue weighted by atomic mass is 19.3. The number of benzene rings is 1. The smallest absolute Gasteiger partial charge is 0.404 e. The van der Waals surface area contributed by atoms with Crippen molar-refractivity contribution in [2.75, 3.05) is 12.4 Å². The molecule has 7 nitrogen and oxygen atoms in total.